The van der Waals surface area contributed by atoms with Crippen molar-refractivity contribution in [3.8, 4) is 0 Å². The Bertz CT molecular complexity index is 82.2. The van der Waals surface area contributed by atoms with Crippen LogP contribution in [0.2, 0.25) is 0 Å². The van der Waals surface area contributed by atoms with Crippen LogP contribution in [0.15, 0.2) is 5.57 Å². The van der Waals surface area contributed by atoms with E-state index in [1.54, 1.807) is 6.92 Å². The Labute approximate surface area is 44.0 Å². The van der Waals surface area contributed by atoms with Crippen molar-refractivity contribution in [1.29, 1.82) is 0 Å². The zero-order valence-electron chi connectivity index (χ0n) is 4.69. The molecule has 0 unspecified atom stereocenters. The van der Waals surface area contributed by atoms with Gasteiger partial charge in [0, 0.05) is 0 Å². The Morgan fingerprint density at radius 2 is 2.43 bits per heavy atom. The molecule has 0 aliphatic carbocycles. The van der Waals surface area contributed by atoms with E-state index in [0.717, 1.165) is 12.7 Å². The number of aldehydes is 1. The molecule has 0 bridgehead atoms. The normalized spacial score (nSPS) is 11.4. The first-order valence-electron chi connectivity index (χ1n) is 2.34. The predicted molar refractivity (Wildman–Crippen MR) is 28.8 cm³/mol. The van der Waals surface area contributed by atoms with Gasteiger partial charge in [0.2, 0.25) is 0 Å². The topological polar surface area (TPSA) is 17.1 Å². The summed E-state index contributed by atoms with van der Waals surface area (Å²) in [6, 6.07) is 0. The summed E-state index contributed by atoms with van der Waals surface area (Å²) >= 11 is 0. The summed E-state index contributed by atoms with van der Waals surface area (Å²) in [6.45, 7) is 3.70. The third kappa shape index (κ3) is 3.23. The maximum atomic E-state index is 9.80. The summed E-state index contributed by atoms with van der Waals surface area (Å²) in [7, 11) is 0. The van der Waals surface area contributed by atoms with Crippen molar-refractivity contribution < 1.29 is 4.79 Å². The van der Waals surface area contributed by atoms with Crippen molar-refractivity contribution in [3.05, 3.63) is 11.6 Å². The first kappa shape index (κ1) is 6.41. The van der Waals surface area contributed by atoms with Crippen LogP contribution in [0.25, 0.3) is 0 Å². The highest BCUT2D eigenvalue weighted by atomic mass is 16.1. The number of hydrogen-bond donors (Lipinski definition) is 0. The molecule has 0 amide bonds. The van der Waals surface area contributed by atoms with Crippen molar-refractivity contribution in [2.24, 2.45) is 0 Å². The molecule has 1 radical (unpaired) electrons. The van der Waals surface area contributed by atoms with E-state index in [9.17, 15) is 4.79 Å². The molecule has 0 aromatic heterocycles. The second-order valence-electron chi connectivity index (χ2n) is 1.33. The Balaban J connectivity index is 3.49. The molecule has 0 N–H and O–H groups in total. The number of rotatable bonds is 2. The van der Waals surface area contributed by atoms with Gasteiger partial charge >= 0.3 is 0 Å². The van der Waals surface area contributed by atoms with Gasteiger partial charge in [-0.25, -0.2) is 0 Å². The third-order valence-electron chi connectivity index (χ3n) is 0.632. The van der Waals surface area contributed by atoms with Gasteiger partial charge < -0.3 is 0 Å². The molecule has 0 heterocycles. The molecular formula is C6H9O. The molecule has 39 valence electrons. The molecule has 0 saturated carbocycles. The molecule has 0 aliphatic heterocycles. The zero-order valence-corrected chi connectivity index (χ0v) is 4.69. The largest absolute Gasteiger partial charge is 0.298 e. The van der Waals surface area contributed by atoms with Gasteiger partial charge in [-0.15, -0.1) is 0 Å². The number of carbonyl (C=O) groups is 1. The van der Waals surface area contributed by atoms with Crippen molar-refractivity contribution >= 4 is 6.29 Å². The summed E-state index contributed by atoms with van der Waals surface area (Å²) in [5.74, 6) is 0. The van der Waals surface area contributed by atoms with Gasteiger partial charge in [-0.05, 0) is 25.0 Å². The van der Waals surface area contributed by atoms with E-state index >= 15 is 0 Å². The van der Waals surface area contributed by atoms with E-state index in [4.69, 9.17) is 0 Å². The minimum atomic E-state index is 0.697. The van der Waals surface area contributed by atoms with Crippen molar-refractivity contribution in [1.82, 2.24) is 0 Å². The summed E-state index contributed by atoms with van der Waals surface area (Å²) in [6.07, 6.45) is 4.48. The maximum absolute atomic E-state index is 9.80. The lowest BCUT2D eigenvalue weighted by Crippen LogP contribution is -1.73. The first-order valence-corrected chi connectivity index (χ1v) is 2.34. The predicted octanol–water partition coefficient (Wildman–Crippen LogP) is 1.34. The highest BCUT2D eigenvalue weighted by molar-refractivity contribution is 5.70. The van der Waals surface area contributed by atoms with Gasteiger partial charge in [0.1, 0.15) is 6.29 Å². The highest BCUT2D eigenvalue weighted by Crippen LogP contribution is 1.85. The molecule has 1 heteroatoms. The molecular weight excluding hydrogens is 88.1 g/mol. The molecule has 0 atom stereocenters. The lowest BCUT2D eigenvalue weighted by molar-refractivity contribution is -0.104. The fourth-order valence-electron chi connectivity index (χ4n) is 0.321. The average molecular weight is 97.1 g/mol. The lowest BCUT2D eigenvalue weighted by Gasteiger charge is -1.78. The fraction of sp³-hybridized carbons (Fsp3) is 0.500. The highest BCUT2D eigenvalue weighted by Gasteiger charge is 1.77. The second-order valence-corrected chi connectivity index (χ2v) is 1.33. The van der Waals surface area contributed by atoms with Crippen LogP contribution in [-0.4, -0.2) is 6.29 Å². The Hall–Kier alpha value is -0.590. The number of hydrogen-bond acceptors (Lipinski definition) is 1. The van der Waals surface area contributed by atoms with Crippen LogP contribution >= 0.6 is 0 Å². The van der Waals surface area contributed by atoms with E-state index < -0.39 is 0 Å². The van der Waals surface area contributed by atoms with Gasteiger partial charge in [0.05, 0.1) is 0 Å². The minimum Gasteiger partial charge on any atom is -0.298 e. The van der Waals surface area contributed by atoms with Gasteiger partial charge in [-0.1, -0.05) is 6.92 Å². The standard InChI is InChI=1S/C6H9O/c1-3-4-6(2)5-7/h5H,3H2,1-2H3. The van der Waals surface area contributed by atoms with Crippen molar-refractivity contribution in [3.63, 3.8) is 0 Å². The molecule has 0 spiro atoms. The Morgan fingerprint density at radius 3 is 2.57 bits per heavy atom. The first-order chi connectivity index (χ1) is 3.31. The molecule has 0 saturated heterocycles. The van der Waals surface area contributed by atoms with Crippen LogP contribution in [0.1, 0.15) is 20.3 Å². The summed E-state index contributed by atoms with van der Waals surface area (Å²) in [5.41, 5.74) is 0.697. The Kier molecular flexibility index (Phi) is 3.29. The lowest BCUT2D eigenvalue weighted by atomic mass is 10.3. The monoisotopic (exact) mass is 97.1 g/mol. The Morgan fingerprint density at radius 1 is 1.86 bits per heavy atom. The van der Waals surface area contributed by atoms with Crippen LogP contribution in [-0.2, 0) is 4.79 Å². The number of carbonyl (C=O) groups excluding carboxylic acids is 1. The quantitative estimate of drug-likeness (QED) is 0.375. The number of allylic oxidation sites excluding steroid dienone is 2. The second kappa shape index (κ2) is 3.59. The van der Waals surface area contributed by atoms with Crippen molar-refractivity contribution in [2.45, 2.75) is 20.3 Å². The molecule has 7 heavy (non-hydrogen) atoms. The van der Waals surface area contributed by atoms with E-state index in [2.05, 4.69) is 6.08 Å². The van der Waals surface area contributed by atoms with Gasteiger partial charge in [-0.2, -0.15) is 0 Å². The van der Waals surface area contributed by atoms with Crippen LogP contribution in [0, 0.1) is 6.08 Å². The molecule has 1 nitrogen and oxygen atoms in total. The van der Waals surface area contributed by atoms with Crippen LogP contribution < -0.4 is 0 Å². The van der Waals surface area contributed by atoms with Gasteiger partial charge in [0.15, 0.2) is 0 Å². The zero-order chi connectivity index (χ0) is 5.70. The molecule has 0 fully saturated rings. The fourth-order valence-corrected chi connectivity index (χ4v) is 0.321. The van der Waals surface area contributed by atoms with E-state index in [0.29, 0.717) is 5.57 Å². The molecule has 0 rings (SSSR count). The smallest absolute Gasteiger partial charge is 0.146 e. The summed E-state index contributed by atoms with van der Waals surface area (Å²) in [5, 5.41) is 0. The summed E-state index contributed by atoms with van der Waals surface area (Å²) in [4.78, 5) is 9.80. The van der Waals surface area contributed by atoms with Crippen molar-refractivity contribution in [2.75, 3.05) is 0 Å². The molecule has 0 aromatic carbocycles. The SMILES string of the molecule is CC/[C]=C(\C)C=O. The molecule has 0 aromatic rings. The van der Waals surface area contributed by atoms with E-state index in [1.165, 1.54) is 0 Å². The van der Waals surface area contributed by atoms with Crippen LogP contribution in [0.3, 0.4) is 0 Å². The molecule has 0 aliphatic rings. The van der Waals surface area contributed by atoms with E-state index in [-0.39, 0.29) is 0 Å². The third-order valence-corrected chi connectivity index (χ3v) is 0.632. The van der Waals surface area contributed by atoms with Gasteiger partial charge in [-0.3, -0.25) is 4.79 Å². The maximum Gasteiger partial charge on any atom is 0.146 e. The van der Waals surface area contributed by atoms with Crippen LogP contribution in [0.4, 0.5) is 0 Å². The van der Waals surface area contributed by atoms with Gasteiger partial charge in [0.25, 0.3) is 0 Å². The minimum absolute atomic E-state index is 0.697. The summed E-state index contributed by atoms with van der Waals surface area (Å²) < 4.78 is 0. The van der Waals surface area contributed by atoms with Crippen LogP contribution in [0.5, 0.6) is 0 Å². The van der Waals surface area contributed by atoms with E-state index in [1.807, 2.05) is 6.92 Å². The average Bonchev–Trinajstić information content (AvgIpc) is 1.68.